The summed E-state index contributed by atoms with van der Waals surface area (Å²) in [5, 5.41) is 28.3. The Labute approximate surface area is 210 Å². The minimum atomic E-state index is -0.313. The number of thiol groups is 1. The maximum Gasteiger partial charge on any atom is 0.246 e. The third kappa shape index (κ3) is 6.19. The summed E-state index contributed by atoms with van der Waals surface area (Å²) in [4.78, 5) is 28.3. The van der Waals surface area contributed by atoms with Gasteiger partial charge in [0.15, 0.2) is 5.75 Å². The molecule has 0 saturated carbocycles. The van der Waals surface area contributed by atoms with Gasteiger partial charge in [0, 0.05) is 30.8 Å². The summed E-state index contributed by atoms with van der Waals surface area (Å²) in [6.07, 6.45) is 1.27. The molecule has 0 aliphatic rings. The number of azo groups is 1. The van der Waals surface area contributed by atoms with Crippen molar-refractivity contribution in [2.24, 2.45) is 10.2 Å². The number of hydrogen-bond donors (Lipinski definition) is 5. The SMILES string of the molecule is CC(=O)NNc1ncnc(Nc2cccc3cc(COOOS)c(N=Nc4ccccc4)c(O)c23)n1. The second-order valence-corrected chi connectivity index (χ2v) is 7.29. The highest BCUT2D eigenvalue weighted by Gasteiger charge is 2.17. The molecule has 0 spiro atoms. The van der Waals surface area contributed by atoms with Gasteiger partial charge in [-0.3, -0.25) is 15.6 Å². The molecule has 0 unspecified atom stereocenters. The molecule has 4 aromatic rings. The van der Waals surface area contributed by atoms with Crippen LogP contribution in [-0.2, 0) is 25.7 Å². The minimum absolute atomic E-state index is 0.115. The summed E-state index contributed by atoms with van der Waals surface area (Å²) in [5.41, 5.74) is 6.67. The molecule has 1 amide bonds. The highest BCUT2D eigenvalue weighted by Crippen LogP contribution is 2.43. The first kappa shape index (κ1) is 24.7. The van der Waals surface area contributed by atoms with Gasteiger partial charge >= 0.3 is 0 Å². The molecule has 0 atom stereocenters. The van der Waals surface area contributed by atoms with Crippen molar-refractivity contribution in [3.05, 3.63) is 66.5 Å². The molecule has 1 aromatic heterocycles. The number of anilines is 3. The molecule has 1 heterocycles. The van der Waals surface area contributed by atoms with Crippen LogP contribution in [0.3, 0.4) is 0 Å². The largest absolute Gasteiger partial charge is 0.505 e. The molecule has 0 saturated heterocycles. The van der Waals surface area contributed by atoms with Crippen molar-refractivity contribution in [2.45, 2.75) is 13.5 Å². The lowest BCUT2D eigenvalue weighted by atomic mass is 10.0. The van der Waals surface area contributed by atoms with Crippen molar-refractivity contribution in [2.75, 3.05) is 10.7 Å². The number of rotatable bonds is 10. The maximum atomic E-state index is 11.3. The molecule has 36 heavy (non-hydrogen) atoms. The van der Waals surface area contributed by atoms with E-state index in [0.717, 1.165) is 0 Å². The molecular weight excluding hydrogens is 488 g/mol. The Kier molecular flexibility index (Phi) is 8.15. The Morgan fingerprint density at radius 3 is 2.67 bits per heavy atom. The van der Waals surface area contributed by atoms with Crippen LogP contribution in [0.2, 0.25) is 0 Å². The summed E-state index contributed by atoms with van der Waals surface area (Å²) in [7, 11) is 0. The molecule has 0 fully saturated rings. The van der Waals surface area contributed by atoms with Crippen molar-refractivity contribution < 1.29 is 24.2 Å². The fraction of sp³-hybridized carbons (Fsp3) is 0.0909. The van der Waals surface area contributed by atoms with Crippen molar-refractivity contribution >= 4 is 58.5 Å². The van der Waals surface area contributed by atoms with E-state index in [9.17, 15) is 9.90 Å². The molecule has 184 valence electrons. The lowest BCUT2D eigenvalue weighted by Gasteiger charge is -2.14. The van der Waals surface area contributed by atoms with Crippen LogP contribution in [0.15, 0.2) is 71.2 Å². The van der Waals surface area contributed by atoms with E-state index in [1.54, 1.807) is 36.4 Å². The van der Waals surface area contributed by atoms with E-state index in [1.807, 2.05) is 18.2 Å². The Balaban J connectivity index is 1.74. The highest BCUT2D eigenvalue weighted by atomic mass is 32.1. The Bertz CT molecular complexity index is 1390. The zero-order chi connectivity index (χ0) is 25.3. The summed E-state index contributed by atoms with van der Waals surface area (Å²) < 4.78 is 4.17. The van der Waals surface area contributed by atoms with Crippen LogP contribution in [0.1, 0.15) is 12.5 Å². The van der Waals surface area contributed by atoms with Gasteiger partial charge in [-0.25, -0.2) is 9.87 Å². The van der Waals surface area contributed by atoms with Crippen LogP contribution in [0.25, 0.3) is 10.8 Å². The van der Waals surface area contributed by atoms with E-state index in [1.165, 1.54) is 13.3 Å². The van der Waals surface area contributed by atoms with Crippen LogP contribution >= 0.6 is 12.9 Å². The molecular formula is C22H20N8O5S. The van der Waals surface area contributed by atoms with Crippen molar-refractivity contribution in [1.29, 1.82) is 0 Å². The molecule has 0 radical (unpaired) electrons. The van der Waals surface area contributed by atoms with E-state index in [-0.39, 0.29) is 35.8 Å². The zero-order valence-electron chi connectivity index (χ0n) is 18.7. The van der Waals surface area contributed by atoms with Gasteiger partial charge in [0.25, 0.3) is 0 Å². The number of nitrogens with zero attached hydrogens (tertiary/aromatic N) is 5. The smallest absolute Gasteiger partial charge is 0.246 e. The summed E-state index contributed by atoms with van der Waals surface area (Å²) >= 11 is 3.46. The fourth-order valence-electron chi connectivity index (χ4n) is 3.20. The van der Waals surface area contributed by atoms with Gasteiger partial charge in [0.2, 0.25) is 17.8 Å². The third-order valence-corrected chi connectivity index (χ3v) is 4.74. The molecule has 4 rings (SSSR count). The van der Waals surface area contributed by atoms with Crippen LogP contribution < -0.4 is 16.2 Å². The second-order valence-electron chi connectivity index (χ2n) is 7.14. The molecule has 0 aliphatic carbocycles. The number of hydrazine groups is 1. The minimum Gasteiger partial charge on any atom is -0.505 e. The van der Waals surface area contributed by atoms with Crippen LogP contribution in [0.4, 0.5) is 29.0 Å². The molecule has 0 bridgehead atoms. The van der Waals surface area contributed by atoms with Gasteiger partial charge < -0.3 is 10.4 Å². The number of amides is 1. The lowest BCUT2D eigenvalue weighted by molar-refractivity contribution is -0.465. The number of fused-ring (bicyclic) bond motifs is 1. The number of benzene rings is 3. The van der Waals surface area contributed by atoms with Crippen LogP contribution in [0, 0.1) is 0 Å². The van der Waals surface area contributed by atoms with Gasteiger partial charge in [-0.2, -0.15) is 15.1 Å². The van der Waals surface area contributed by atoms with E-state index in [4.69, 9.17) is 4.89 Å². The second kappa shape index (κ2) is 11.9. The summed E-state index contributed by atoms with van der Waals surface area (Å²) in [6, 6.07) is 16.1. The number of aromatic hydroxyl groups is 1. The van der Waals surface area contributed by atoms with E-state index in [2.05, 4.69) is 63.6 Å². The normalized spacial score (nSPS) is 11.1. The predicted octanol–water partition coefficient (Wildman–Crippen LogP) is 4.58. The first-order valence-corrected chi connectivity index (χ1v) is 10.7. The van der Waals surface area contributed by atoms with E-state index >= 15 is 0 Å². The van der Waals surface area contributed by atoms with Gasteiger partial charge in [0.1, 0.15) is 18.6 Å². The predicted molar refractivity (Wildman–Crippen MR) is 133 cm³/mol. The number of carbonyl (C=O) groups is 1. The van der Waals surface area contributed by atoms with Gasteiger partial charge in [0.05, 0.1) is 11.4 Å². The number of aromatic nitrogens is 3. The molecule has 14 heteroatoms. The van der Waals surface area contributed by atoms with Crippen LogP contribution in [-0.4, -0.2) is 26.0 Å². The first-order valence-electron chi connectivity index (χ1n) is 10.4. The molecule has 0 aliphatic heterocycles. The van der Waals surface area contributed by atoms with Crippen molar-refractivity contribution in [3.63, 3.8) is 0 Å². The molecule has 13 nitrogen and oxygen atoms in total. The molecule has 3 aromatic carbocycles. The average molecular weight is 509 g/mol. The quantitative estimate of drug-likeness (QED) is 0.0511. The number of hydrogen-bond acceptors (Lipinski definition) is 13. The highest BCUT2D eigenvalue weighted by molar-refractivity contribution is 7.74. The lowest BCUT2D eigenvalue weighted by Crippen LogP contribution is -2.27. The third-order valence-electron chi connectivity index (χ3n) is 4.67. The Hall–Kier alpha value is -4.37. The molecule has 4 N–H and O–H groups in total. The maximum absolute atomic E-state index is 11.3. The Morgan fingerprint density at radius 2 is 1.89 bits per heavy atom. The first-order chi connectivity index (χ1) is 17.5. The van der Waals surface area contributed by atoms with Gasteiger partial charge in [-0.1, -0.05) is 35.4 Å². The summed E-state index contributed by atoms with van der Waals surface area (Å²) in [5.74, 6) is -0.183. The standard InChI is InChI=1S/C22H20N8O5S/c1-13(31)27-30-22-24-12-23-21(26-22)25-17-9-5-6-14-10-15(11-33-34-35-36)19(20(32)18(14)17)29-28-16-7-3-2-4-8-16/h2-10,12,32,36H,11H2,1H3,(H,27,31)(H2,23,24,25,26,30). The average Bonchev–Trinajstić information content (AvgIpc) is 2.88. The van der Waals surface area contributed by atoms with Crippen molar-refractivity contribution in [1.82, 2.24) is 20.4 Å². The van der Waals surface area contributed by atoms with Gasteiger partial charge in [-0.15, -0.1) is 9.45 Å². The van der Waals surface area contributed by atoms with E-state index in [0.29, 0.717) is 27.7 Å². The van der Waals surface area contributed by atoms with Crippen molar-refractivity contribution in [3.8, 4) is 5.75 Å². The number of carbonyl (C=O) groups excluding carboxylic acids is 1. The Morgan fingerprint density at radius 1 is 1.08 bits per heavy atom. The number of nitrogens with one attached hydrogen (secondary N) is 3. The summed E-state index contributed by atoms with van der Waals surface area (Å²) in [6.45, 7) is 1.23. The van der Waals surface area contributed by atoms with E-state index < -0.39 is 0 Å². The monoisotopic (exact) mass is 508 g/mol. The van der Waals surface area contributed by atoms with Gasteiger partial charge in [-0.05, 0) is 29.7 Å². The topological polar surface area (TPSA) is 164 Å². The van der Waals surface area contributed by atoms with Crippen LogP contribution in [0.5, 0.6) is 5.75 Å². The fourth-order valence-corrected chi connectivity index (χ4v) is 3.24. The number of phenols is 1. The zero-order valence-corrected chi connectivity index (χ0v) is 19.6. The number of phenolic OH excluding ortho intramolecular Hbond substituents is 1.